The molecule has 5 nitrogen and oxygen atoms in total. The van der Waals surface area contributed by atoms with Gasteiger partial charge in [-0.2, -0.15) is 9.49 Å². The molecule has 0 aliphatic carbocycles. The van der Waals surface area contributed by atoms with Crippen LogP contribution in [0.1, 0.15) is 0 Å². The van der Waals surface area contributed by atoms with Crippen molar-refractivity contribution in [2.24, 2.45) is 0 Å². The fraction of sp³-hybridized carbons (Fsp3) is 0. The van der Waals surface area contributed by atoms with Crippen molar-refractivity contribution in [2.45, 2.75) is 0 Å². The second kappa shape index (κ2) is 5.54. The third-order valence-corrected chi connectivity index (χ3v) is 2.88. The molecule has 21 heavy (non-hydrogen) atoms. The third kappa shape index (κ3) is 2.94. The summed E-state index contributed by atoms with van der Waals surface area (Å²) < 4.78 is 12.8. The molecule has 0 amide bonds. The smallest absolute Gasteiger partial charge is 0.287 e. The largest absolute Gasteiger partial charge is 0.350 e. The van der Waals surface area contributed by atoms with Crippen molar-refractivity contribution in [3.63, 3.8) is 0 Å². The Morgan fingerprint density at radius 2 is 1.90 bits per heavy atom. The predicted molar refractivity (Wildman–Crippen MR) is 77.8 cm³/mol. The maximum Gasteiger partial charge on any atom is 0.287 e. The van der Waals surface area contributed by atoms with Crippen LogP contribution in [0.5, 0.6) is 0 Å². The van der Waals surface area contributed by atoms with Crippen molar-refractivity contribution in [2.75, 3.05) is 5.32 Å². The standard InChI is InChI=1S/C15H11FN4O/c16-14-7-6-11(9-17-14)18-13-8-12(19-20-15(13)21)10-4-2-1-3-5-10/h1-9H,(H,18,19)(H,20,21). The summed E-state index contributed by atoms with van der Waals surface area (Å²) in [6.07, 6.45) is 1.32. The van der Waals surface area contributed by atoms with Crippen LogP contribution < -0.4 is 10.9 Å². The number of anilines is 2. The highest BCUT2D eigenvalue weighted by Crippen LogP contribution is 2.19. The monoisotopic (exact) mass is 282 g/mol. The Bertz CT molecular complexity index is 800. The summed E-state index contributed by atoms with van der Waals surface area (Å²) in [5.74, 6) is -0.575. The highest BCUT2D eigenvalue weighted by atomic mass is 19.1. The lowest BCUT2D eigenvalue weighted by atomic mass is 10.1. The van der Waals surface area contributed by atoms with Crippen molar-refractivity contribution >= 4 is 11.4 Å². The molecule has 3 aromatic rings. The average molecular weight is 282 g/mol. The maximum atomic E-state index is 12.8. The molecule has 0 radical (unpaired) electrons. The van der Waals surface area contributed by atoms with Gasteiger partial charge in [0.2, 0.25) is 5.95 Å². The third-order valence-electron chi connectivity index (χ3n) is 2.88. The minimum Gasteiger partial charge on any atom is -0.350 e. The Hall–Kier alpha value is -3.02. The highest BCUT2D eigenvalue weighted by molar-refractivity contribution is 5.66. The minimum absolute atomic E-state index is 0.317. The maximum absolute atomic E-state index is 12.8. The molecule has 0 saturated heterocycles. The van der Waals surface area contributed by atoms with E-state index in [4.69, 9.17) is 0 Å². The van der Waals surface area contributed by atoms with Crippen molar-refractivity contribution in [1.82, 2.24) is 15.2 Å². The average Bonchev–Trinajstić information content (AvgIpc) is 2.52. The van der Waals surface area contributed by atoms with Gasteiger partial charge in [0.05, 0.1) is 17.6 Å². The van der Waals surface area contributed by atoms with Crippen LogP contribution in [0.2, 0.25) is 0 Å². The number of benzene rings is 1. The van der Waals surface area contributed by atoms with E-state index < -0.39 is 5.95 Å². The summed E-state index contributed by atoms with van der Waals surface area (Å²) in [6.45, 7) is 0. The number of hydrogen-bond donors (Lipinski definition) is 2. The first-order chi connectivity index (χ1) is 10.2. The first-order valence-corrected chi connectivity index (χ1v) is 6.26. The Kier molecular flexibility index (Phi) is 3.42. The Balaban J connectivity index is 1.95. The number of pyridine rings is 1. The Morgan fingerprint density at radius 3 is 2.62 bits per heavy atom. The summed E-state index contributed by atoms with van der Waals surface area (Å²) in [4.78, 5) is 15.3. The predicted octanol–water partition coefficient (Wildman–Crippen LogP) is 2.71. The molecule has 0 atom stereocenters. The molecule has 1 aromatic carbocycles. The van der Waals surface area contributed by atoms with Crippen LogP contribution in [-0.4, -0.2) is 15.2 Å². The normalized spacial score (nSPS) is 10.3. The molecule has 0 fully saturated rings. The van der Waals surface area contributed by atoms with Crippen LogP contribution in [0, 0.1) is 5.95 Å². The molecule has 0 bridgehead atoms. The molecule has 0 aliphatic rings. The molecular weight excluding hydrogens is 271 g/mol. The van der Waals surface area contributed by atoms with Crippen LogP contribution in [0.15, 0.2) is 59.5 Å². The van der Waals surface area contributed by atoms with Crippen molar-refractivity contribution < 1.29 is 4.39 Å². The Morgan fingerprint density at radius 1 is 1.10 bits per heavy atom. The van der Waals surface area contributed by atoms with E-state index in [0.29, 0.717) is 17.1 Å². The summed E-state index contributed by atoms with van der Waals surface area (Å²) in [5, 5.41) is 9.34. The molecule has 2 N–H and O–H groups in total. The van der Waals surface area contributed by atoms with Crippen LogP contribution in [-0.2, 0) is 0 Å². The molecule has 6 heteroatoms. The number of aromatic nitrogens is 3. The van der Waals surface area contributed by atoms with Crippen LogP contribution in [0.25, 0.3) is 11.3 Å². The fourth-order valence-corrected chi connectivity index (χ4v) is 1.86. The van der Waals surface area contributed by atoms with Gasteiger partial charge in [0.1, 0.15) is 5.69 Å². The fourth-order valence-electron chi connectivity index (χ4n) is 1.86. The van der Waals surface area contributed by atoms with E-state index >= 15 is 0 Å². The summed E-state index contributed by atoms with van der Waals surface area (Å²) >= 11 is 0. The number of hydrogen-bond acceptors (Lipinski definition) is 4. The van der Waals surface area contributed by atoms with E-state index in [1.807, 2.05) is 30.3 Å². The van der Waals surface area contributed by atoms with Crippen molar-refractivity contribution in [3.8, 4) is 11.3 Å². The Labute approximate surface area is 119 Å². The van der Waals surface area contributed by atoms with Crippen molar-refractivity contribution in [1.29, 1.82) is 0 Å². The highest BCUT2D eigenvalue weighted by Gasteiger charge is 2.06. The van der Waals surface area contributed by atoms with Crippen molar-refractivity contribution in [3.05, 3.63) is 71.0 Å². The lowest BCUT2D eigenvalue weighted by molar-refractivity contribution is 0.584. The zero-order chi connectivity index (χ0) is 14.7. The molecule has 2 heterocycles. The number of H-pyrrole nitrogens is 1. The van der Waals surface area contributed by atoms with Gasteiger partial charge in [-0.15, -0.1) is 0 Å². The molecule has 2 aromatic heterocycles. The zero-order valence-electron chi connectivity index (χ0n) is 10.9. The molecule has 0 aliphatic heterocycles. The van der Waals surface area contributed by atoms with Crippen LogP contribution in [0.4, 0.5) is 15.8 Å². The quantitative estimate of drug-likeness (QED) is 0.725. The second-order valence-corrected chi connectivity index (χ2v) is 4.36. The number of aromatic amines is 1. The topological polar surface area (TPSA) is 70.7 Å². The van der Waals surface area contributed by atoms with E-state index in [9.17, 15) is 9.18 Å². The lowest BCUT2D eigenvalue weighted by Crippen LogP contribution is -2.13. The molecule has 3 rings (SSSR count). The first-order valence-electron chi connectivity index (χ1n) is 6.26. The van der Waals surface area contributed by atoms with Gasteiger partial charge in [-0.25, -0.2) is 10.1 Å². The molecule has 0 unspecified atom stereocenters. The first kappa shape index (κ1) is 13.0. The summed E-state index contributed by atoms with van der Waals surface area (Å²) in [5.41, 5.74) is 1.99. The second-order valence-electron chi connectivity index (χ2n) is 4.36. The van der Waals surface area contributed by atoms with Gasteiger partial charge < -0.3 is 5.32 Å². The van der Waals surface area contributed by atoms with Crippen LogP contribution in [0.3, 0.4) is 0 Å². The van der Waals surface area contributed by atoms with E-state index in [1.165, 1.54) is 18.3 Å². The molecular formula is C15H11FN4O. The summed E-state index contributed by atoms with van der Waals surface area (Å²) in [7, 11) is 0. The van der Waals surface area contributed by atoms with Gasteiger partial charge in [0.15, 0.2) is 0 Å². The zero-order valence-corrected chi connectivity index (χ0v) is 10.9. The van der Waals surface area contributed by atoms with Gasteiger partial charge in [0.25, 0.3) is 5.56 Å². The molecule has 0 saturated carbocycles. The van der Waals surface area contributed by atoms with E-state index in [2.05, 4.69) is 20.5 Å². The number of nitrogens with one attached hydrogen (secondary N) is 2. The summed E-state index contributed by atoms with van der Waals surface area (Å²) in [6, 6.07) is 13.8. The van der Waals surface area contributed by atoms with Gasteiger partial charge in [0, 0.05) is 5.56 Å². The van der Waals surface area contributed by atoms with Crippen LogP contribution >= 0.6 is 0 Å². The molecule has 104 valence electrons. The molecule has 0 spiro atoms. The van der Waals surface area contributed by atoms with Gasteiger partial charge >= 0.3 is 0 Å². The number of halogens is 1. The minimum atomic E-state index is -0.575. The number of nitrogens with zero attached hydrogens (tertiary/aromatic N) is 2. The lowest BCUT2D eigenvalue weighted by Gasteiger charge is -2.06. The van der Waals surface area contributed by atoms with Gasteiger partial charge in [-0.05, 0) is 18.2 Å². The van der Waals surface area contributed by atoms with Gasteiger partial charge in [-0.1, -0.05) is 30.3 Å². The van der Waals surface area contributed by atoms with E-state index in [1.54, 1.807) is 6.07 Å². The van der Waals surface area contributed by atoms with E-state index in [0.717, 1.165) is 5.56 Å². The van der Waals surface area contributed by atoms with Gasteiger partial charge in [-0.3, -0.25) is 4.79 Å². The SMILES string of the molecule is O=c1[nH]nc(-c2ccccc2)cc1Nc1ccc(F)nc1. The van der Waals surface area contributed by atoms with E-state index in [-0.39, 0.29) is 5.56 Å². The number of rotatable bonds is 3.